The minimum absolute atomic E-state index is 0.0144. The van der Waals surface area contributed by atoms with Gasteiger partial charge in [-0.3, -0.25) is 4.79 Å². The highest BCUT2D eigenvalue weighted by molar-refractivity contribution is 7.09. The number of pyridine rings is 1. The molecular weight excluding hydrogens is 306 g/mol. The molecule has 7 nitrogen and oxygen atoms in total. The minimum Gasteiger partial charge on any atom is -0.476 e. The zero-order chi connectivity index (χ0) is 16.1. The summed E-state index contributed by atoms with van der Waals surface area (Å²) < 4.78 is 5.40. The first-order valence-electron chi connectivity index (χ1n) is 6.54. The van der Waals surface area contributed by atoms with Crippen LogP contribution in [-0.4, -0.2) is 33.1 Å². The highest BCUT2D eigenvalue weighted by Crippen LogP contribution is 2.11. The van der Waals surface area contributed by atoms with E-state index in [0.717, 1.165) is 0 Å². The predicted octanol–water partition coefficient (Wildman–Crippen LogP) is 1.95. The fourth-order valence-corrected chi connectivity index (χ4v) is 2.28. The van der Waals surface area contributed by atoms with Crippen molar-refractivity contribution in [2.45, 2.75) is 26.5 Å². The second kappa shape index (κ2) is 6.99. The summed E-state index contributed by atoms with van der Waals surface area (Å²) in [5, 5.41) is 13.4. The molecule has 2 N–H and O–H groups in total. The highest BCUT2D eigenvalue weighted by Gasteiger charge is 2.11. The fourth-order valence-electron chi connectivity index (χ4n) is 1.57. The molecule has 0 atom stereocenters. The summed E-state index contributed by atoms with van der Waals surface area (Å²) in [5.74, 6) is -0.938. The summed E-state index contributed by atoms with van der Waals surface area (Å²) >= 11 is 1.18. The Labute approximate surface area is 131 Å². The SMILES string of the molecule is CC(C)Oc1ccc(C(=O)NCc2nc(C(=O)O)cs2)cn1. The Morgan fingerprint density at radius 2 is 2.18 bits per heavy atom. The molecule has 116 valence electrons. The Morgan fingerprint density at radius 3 is 2.73 bits per heavy atom. The molecule has 0 saturated heterocycles. The van der Waals surface area contributed by atoms with Gasteiger partial charge in [0.2, 0.25) is 5.88 Å². The third kappa shape index (κ3) is 4.26. The van der Waals surface area contributed by atoms with Crippen LogP contribution in [0.5, 0.6) is 5.88 Å². The van der Waals surface area contributed by atoms with Gasteiger partial charge < -0.3 is 15.2 Å². The lowest BCUT2D eigenvalue weighted by Gasteiger charge is -2.08. The van der Waals surface area contributed by atoms with E-state index in [2.05, 4.69) is 15.3 Å². The Hall–Kier alpha value is -2.48. The van der Waals surface area contributed by atoms with Crippen molar-refractivity contribution in [2.24, 2.45) is 0 Å². The average Bonchev–Trinajstić information content (AvgIpc) is 2.94. The van der Waals surface area contributed by atoms with E-state index in [9.17, 15) is 9.59 Å². The summed E-state index contributed by atoms with van der Waals surface area (Å²) in [6.45, 7) is 3.95. The van der Waals surface area contributed by atoms with Crippen LogP contribution in [0.2, 0.25) is 0 Å². The zero-order valence-corrected chi connectivity index (χ0v) is 12.9. The second-order valence-electron chi connectivity index (χ2n) is 4.67. The number of hydrogen-bond donors (Lipinski definition) is 2. The smallest absolute Gasteiger partial charge is 0.355 e. The number of carboxylic acids is 1. The quantitative estimate of drug-likeness (QED) is 0.843. The van der Waals surface area contributed by atoms with Gasteiger partial charge in [-0.15, -0.1) is 11.3 Å². The van der Waals surface area contributed by atoms with Crippen molar-refractivity contribution >= 4 is 23.2 Å². The largest absolute Gasteiger partial charge is 0.476 e. The van der Waals surface area contributed by atoms with Gasteiger partial charge in [-0.25, -0.2) is 14.8 Å². The molecule has 1 amide bonds. The number of amides is 1. The number of aromatic carboxylic acids is 1. The number of hydrogen-bond acceptors (Lipinski definition) is 6. The number of rotatable bonds is 6. The van der Waals surface area contributed by atoms with Crippen LogP contribution in [0, 0.1) is 0 Å². The van der Waals surface area contributed by atoms with Crippen LogP contribution in [0.1, 0.15) is 39.7 Å². The first-order valence-corrected chi connectivity index (χ1v) is 7.42. The van der Waals surface area contributed by atoms with Gasteiger partial charge in [-0.05, 0) is 19.9 Å². The molecule has 2 rings (SSSR count). The van der Waals surface area contributed by atoms with Gasteiger partial charge in [0, 0.05) is 17.6 Å². The molecule has 2 heterocycles. The maximum atomic E-state index is 12.0. The number of carbonyl (C=O) groups is 2. The maximum Gasteiger partial charge on any atom is 0.355 e. The molecular formula is C14H15N3O4S. The van der Waals surface area contributed by atoms with E-state index in [1.807, 2.05) is 13.8 Å². The number of aromatic nitrogens is 2. The molecule has 2 aromatic heterocycles. The topological polar surface area (TPSA) is 101 Å². The van der Waals surface area contributed by atoms with E-state index in [-0.39, 0.29) is 24.2 Å². The van der Waals surface area contributed by atoms with Crippen LogP contribution in [0.3, 0.4) is 0 Å². The van der Waals surface area contributed by atoms with Crippen LogP contribution in [0.4, 0.5) is 0 Å². The molecule has 0 fully saturated rings. The van der Waals surface area contributed by atoms with E-state index in [0.29, 0.717) is 16.5 Å². The van der Waals surface area contributed by atoms with Crippen LogP contribution in [0.25, 0.3) is 0 Å². The molecule has 0 saturated carbocycles. The second-order valence-corrected chi connectivity index (χ2v) is 5.61. The summed E-state index contributed by atoms with van der Waals surface area (Å²) in [5.41, 5.74) is 0.372. The summed E-state index contributed by atoms with van der Waals surface area (Å²) in [4.78, 5) is 30.6. The molecule has 0 unspecified atom stereocenters. The van der Waals surface area contributed by atoms with E-state index in [1.165, 1.54) is 22.9 Å². The molecule has 0 aliphatic carbocycles. The molecule has 0 aliphatic heterocycles. The number of nitrogens with one attached hydrogen (secondary N) is 1. The standard InChI is InChI=1S/C14H15N3O4S/c1-8(2)21-11-4-3-9(5-15-11)13(18)16-6-12-17-10(7-22-12)14(19)20/h3-5,7-8H,6H2,1-2H3,(H,16,18)(H,19,20). The first kappa shape index (κ1) is 15.9. The van der Waals surface area contributed by atoms with Gasteiger partial charge >= 0.3 is 5.97 Å². The monoisotopic (exact) mass is 321 g/mol. The molecule has 2 aromatic rings. The van der Waals surface area contributed by atoms with Gasteiger partial charge in [-0.1, -0.05) is 0 Å². The molecule has 0 bridgehead atoms. The van der Waals surface area contributed by atoms with E-state index in [1.54, 1.807) is 12.1 Å². The van der Waals surface area contributed by atoms with Gasteiger partial charge in [-0.2, -0.15) is 0 Å². The number of carbonyl (C=O) groups excluding carboxylic acids is 1. The lowest BCUT2D eigenvalue weighted by molar-refractivity contribution is 0.0691. The van der Waals surface area contributed by atoms with Crippen molar-refractivity contribution in [1.29, 1.82) is 0 Å². The molecule has 22 heavy (non-hydrogen) atoms. The fraction of sp³-hybridized carbons (Fsp3) is 0.286. The summed E-state index contributed by atoms with van der Waals surface area (Å²) in [6, 6.07) is 3.24. The van der Waals surface area contributed by atoms with Crippen molar-refractivity contribution in [3.05, 3.63) is 40.0 Å². The van der Waals surface area contributed by atoms with Crippen molar-refractivity contribution in [3.8, 4) is 5.88 Å². The third-order valence-electron chi connectivity index (χ3n) is 2.53. The number of nitrogens with zero attached hydrogens (tertiary/aromatic N) is 2. The Balaban J connectivity index is 1.92. The van der Waals surface area contributed by atoms with Gasteiger partial charge in [0.05, 0.1) is 18.2 Å². The lowest BCUT2D eigenvalue weighted by Crippen LogP contribution is -2.23. The Bertz CT molecular complexity index is 667. The van der Waals surface area contributed by atoms with Gasteiger partial charge in [0.1, 0.15) is 5.01 Å². The van der Waals surface area contributed by atoms with Gasteiger partial charge in [0.25, 0.3) is 5.91 Å². The van der Waals surface area contributed by atoms with Crippen molar-refractivity contribution in [3.63, 3.8) is 0 Å². The maximum absolute atomic E-state index is 12.0. The highest BCUT2D eigenvalue weighted by atomic mass is 32.1. The molecule has 8 heteroatoms. The molecule has 0 aromatic carbocycles. The molecule has 0 spiro atoms. The summed E-state index contributed by atoms with van der Waals surface area (Å²) in [6.07, 6.45) is 1.44. The molecule has 0 radical (unpaired) electrons. The third-order valence-corrected chi connectivity index (χ3v) is 3.37. The Kier molecular flexibility index (Phi) is 5.05. The summed E-state index contributed by atoms with van der Waals surface area (Å²) in [7, 11) is 0. The van der Waals surface area contributed by atoms with E-state index < -0.39 is 5.97 Å². The number of carboxylic acid groups (broad SMARTS) is 1. The Morgan fingerprint density at radius 1 is 1.41 bits per heavy atom. The van der Waals surface area contributed by atoms with E-state index in [4.69, 9.17) is 9.84 Å². The van der Waals surface area contributed by atoms with Crippen LogP contribution in [-0.2, 0) is 6.54 Å². The molecule has 0 aliphatic rings. The van der Waals surface area contributed by atoms with Crippen molar-refractivity contribution in [1.82, 2.24) is 15.3 Å². The van der Waals surface area contributed by atoms with Gasteiger partial charge in [0.15, 0.2) is 5.69 Å². The zero-order valence-electron chi connectivity index (χ0n) is 12.1. The van der Waals surface area contributed by atoms with Crippen molar-refractivity contribution in [2.75, 3.05) is 0 Å². The number of ether oxygens (including phenoxy) is 1. The van der Waals surface area contributed by atoms with E-state index >= 15 is 0 Å². The normalized spacial score (nSPS) is 10.5. The predicted molar refractivity (Wildman–Crippen MR) is 80.2 cm³/mol. The average molecular weight is 321 g/mol. The van der Waals surface area contributed by atoms with Crippen LogP contribution in [0.15, 0.2) is 23.7 Å². The number of thiazole rings is 1. The van der Waals surface area contributed by atoms with Crippen LogP contribution >= 0.6 is 11.3 Å². The minimum atomic E-state index is -1.08. The van der Waals surface area contributed by atoms with Crippen molar-refractivity contribution < 1.29 is 19.4 Å². The van der Waals surface area contributed by atoms with Crippen LogP contribution < -0.4 is 10.1 Å². The lowest BCUT2D eigenvalue weighted by atomic mass is 10.2. The first-order chi connectivity index (χ1) is 10.5.